The van der Waals surface area contributed by atoms with E-state index in [1.807, 2.05) is 32.3 Å². The molecule has 8 nitrogen and oxygen atoms in total. The van der Waals surface area contributed by atoms with Crippen LogP contribution in [0.1, 0.15) is 29.0 Å². The number of furan rings is 1. The molecule has 0 saturated carbocycles. The lowest BCUT2D eigenvalue weighted by atomic mass is 10.0. The molecule has 0 unspecified atom stereocenters. The van der Waals surface area contributed by atoms with Gasteiger partial charge in [-0.1, -0.05) is 6.07 Å². The van der Waals surface area contributed by atoms with Crippen molar-refractivity contribution in [2.24, 2.45) is 0 Å². The number of fused-ring (bicyclic) bond motifs is 1. The summed E-state index contributed by atoms with van der Waals surface area (Å²) in [4.78, 5) is 33.0. The van der Waals surface area contributed by atoms with Gasteiger partial charge in [0.25, 0.3) is 11.7 Å². The Bertz CT molecular complexity index is 1170. The van der Waals surface area contributed by atoms with Gasteiger partial charge in [0, 0.05) is 6.20 Å². The van der Waals surface area contributed by atoms with E-state index >= 15 is 0 Å². The van der Waals surface area contributed by atoms with Crippen LogP contribution in [-0.4, -0.2) is 58.3 Å². The van der Waals surface area contributed by atoms with E-state index in [1.54, 1.807) is 36.6 Å². The highest BCUT2D eigenvalue weighted by Crippen LogP contribution is 2.40. The maximum Gasteiger partial charge on any atom is 0.295 e. The van der Waals surface area contributed by atoms with Crippen LogP contribution in [0.2, 0.25) is 0 Å². The molecule has 1 aliphatic heterocycles. The number of hydrogen-bond donors (Lipinski definition) is 2. The van der Waals surface area contributed by atoms with Gasteiger partial charge in [0.15, 0.2) is 5.76 Å². The standard InChI is InChI=1S/C22H24N4O4/c1-13-8-9-15(30-13)19-17(21(28)22(29)26(19)12-11-24(3)4)20(27)18-14(2)23-16-7-5-6-10-25(16)18/h5-10,19,27H,11-12H2,1-4H3/p+1/b20-17+/t19-/m0/s1. The Morgan fingerprint density at radius 3 is 2.63 bits per heavy atom. The molecule has 1 amide bonds. The van der Waals surface area contributed by atoms with Crippen molar-refractivity contribution >= 4 is 23.1 Å². The van der Waals surface area contributed by atoms with Crippen molar-refractivity contribution in [2.75, 3.05) is 27.2 Å². The number of imidazole rings is 1. The van der Waals surface area contributed by atoms with E-state index in [0.29, 0.717) is 41.6 Å². The van der Waals surface area contributed by atoms with Crippen LogP contribution >= 0.6 is 0 Å². The predicted octanol–water partition coefficient (Wildman–Crippen LogP) is 1.11. The third-order valence-corrected chi connectivity index (χ3v) is 5.35. The summed E-state index contributed by atoms with van der Waals surface area (Å²) in [6, 6.07) is 8.22. The summed E-state index contributed by atoms with van der Waals surface area (Å²) in [5.41, 5.74) is 1.64. The van der Waals surface area contributed by atoms with E-state index in [0.717, 1.165) is 4.90 Å². The van der Waals surface area contributed by atoms with E-state index in [-0.39, 0.29) is 11.3 Å². The number of carbonyl (C=O) groups is 2. The lowest BCUT2D eigenvalue weighted by Crippen LogP contribution is -3.06. The number of hydrogen-bond acceptors (Lipinski definition) is 5. The molecule has 30 heavy (non-hydrogen) atoms. The Labute approximate surface area is 174 Å². The number of aliphatic hydroxyl groups excluding tert-OH is 1. The van der Waals surface area contributed by atoms with Crippen LogP contribution in [0, 0.1) is 13.8 Å². The smallest absolute Gasteiger partial charge is 0.295 e. The molecular formula is C22H25N4O4+. The van der Waals surface area contributed by atoms with Crippen LogP contribution in [0.15, 0.2) is 46.5 Å². The second kappa shape index (κ2) is 7.46. The summed E-state index contributed by atoms with van der Waals surface area (Å²) >= 11 is 0. The minimum absolute atomic E-state index is 0.0249. The van der Waals surface area contributed by atoms with Crippen LogP contribution in [0.4, 0.5) is 0 Å². The molecule has 0 spiro atoms. The third-order valence-electron chi connectivity index (χ3n) is 5.35. The molecule has 4 rings (SSSR count). The molecule has 2 N–H and O–H groups in total. The Balaban J connectivity index is 1.91. The van der Waals surface area contributed by atoms with Crippen molar-refractivity contribution in [1.82, 2.24) is 14.3 Å². The molecule has 3 aromatic rings. The number of quaternary nitrogens is 1. The Kier molecular flexibility index (Phi) is 4.95. The number of aromatic nitrogens is 2. The summed E-state index contributed by atoms with van der Waals surface area (Å²) < 4.78 is 7.51. The largest absolute Gasteiger partial charge is 0.505 e. The number of nitrogens with one attached hydrogen (secondary N) is 1. The molecule has 156 valence electrons. The van der Waals surface area contributed by atoms with Crippen molar-refractivity contribution < 1.29 is 24.0 Å². The molecule has 0 aromatic carbocycles. The van der Waals surface area contributed by atoms with Crippen LogP contribution in [-0.2, 0) is 9.59 Å². The predicted molar refractivity (Wildman–Crippen MR) is 110 cm³/mol. The van der Waals surface area contributed by atoms with Gasteiger partial charge >= 0.3 is 0 Å². The number of nitrogens with zero attached hydrogens (tertiary/aromatic N) is 3. The maximum absolute atomic E-state index is 13.0. The number of likely N-dealkylation sites (tertiary alicyclic amines) is 1. The van der Waals surface area contributed by atoms with E-state index in [4.69, 9.17) is 4.42 Å². The molecule has 8 heteroatoms. The first kappa shape index (κ1) is 19.9. The quantitative estimate of drug-likeness (QED) is 0.374. The molecular weight excluding hydrogens is 384 g/mol. The number of Topliss-reactive ketones (excluding diaryl/α,β-unsaturated/α-hetero) is 1. The minimum Gasteiger partial charge on any atom is -0.505 e. The topological polar surface area (TPSA) is 92.5 Å². The number of aliphatic hydroxyl groups is 1. The van der Waals surface area contributed by atoms with Crippen LogP contribution < -0.4 is 4.90 Å². The van der Waals surface area contributed by atoms with Gasteiger partial charge < -0.3 is 19.3 Å². The SMILES string of the molecule is Cc1ccc([C@H]2/C(=C(\O)c3c(C)nc4ccccn34)C(=O)C(=O)N2CC[NH+](C)C)o1. The van der Waals surface area contributed by atoms with Crippen LogP contribution in [0.5, 0.6) is 0 Å². The molecule has 0 bridgehead atoms. The number of aryl methyl sites for hydroxylation is 2. The van der Waals surface area contributed by atoms with Crippen molar-refractivity contribution in [1.29, 1.82) is 0 Å². The molecule has 1 aliphatic rings. The number of amides is 1. The molecule has 4 heterocycles. The van der Waals surface area contributed by atoms with Gasteiger partial charge in [-0.15, -0.1) is 0 Å². The fraction of sp³-hybridized carbons (Fsp3) is 0.318. The lowest BCUT2D eigenvalue weighted by molar-refractivity contribution is -0.857. The normalized spacial score (nSPS) is 18.8. The second-order valence-electron chi connectivity index (χ2n) is 7.87. The highest BCUT2D eigenvalue weighted by atomic mass is 16.3. The minimum atomic E-state index is -0.785. The zero-order valence-electron chi connectivity index (χ0n) is 17.5. The fourth-order valence-electron chi connectivity index (χ4n) is 3.88. The van der Waals surface area contributed by atoms with E-state index in [2.05, 4.69) is 4.98 Å². The Hall–Kier alpha value is -3.39. The van der Waals surface area contributed by atoms with Gasteiger partial charge in [0.05, 0.1) is 38.5 Å². The van der Waals surface area contributed by atoms with E-state index < -0.39 is 17.7 Å². The zero-order chi connectivity index (χ0) is 21.6. The van der Waals surface area contributed by atoms with Crippen molar-refractivity contribution in [3.05, 3.63) is 65.0 Å². The molecule has 3 aromatic heterocycles. The van der Waals surface area contributed by atoms with Gasteiger partial charge in [-0.3, -0.25) is 14.0 Å². The summed E-state index contributed by atoms with van der Waals surface area (Å²) in [6.45, 7) is 4.58. The van der Waals surface area contributed by atoms with Crippen molar-refractivity contribution in [2.45, 2.75) is 19.9 Å². The molecule has 0 radical (unpaired) electrons. The second-order valence-corrected chi connectivity index (χ2v) is 7.87. The molecule has 1 saturated heterocycles. The first-order valence-electron chi connectivity index (χ1n) is 9.87. The Morgan fingerprint density at radius 2 is 1.97 bits per heavy atom. The number of ketones is 1. The number of pyridine rings is 1. The summed E-state index contributed by atoms with van der Waals surface area (Å²) in [5.74, 6) is -0.481. The van der Waals surface area contributed by atoms with E-state index in [9.17, 15) is 14.7 Å². The van der Waals surface area contributed by atoms with Gasteiger partial charge in [-0.05, 0) is 38.1 Å². The van der Waals surface area contributed by atoms with Gasteiger partial charge in [-0.25, -0.2) is 4.98 Å². The highest BCUT2D eigenvalue weighted by Gasteiger charge is 2.48. The molecule has 1 fully saturated rings. The number of rotatable bonds is 5. The average Bonchev–Trinajstić information content (AvgIpc) is 3.34. The maximum atomic E-state index is 13.0. The summed E-state index contributed by atoms with van der Waals surface area (Å²) in [6.07, 6.45) is 1.77. The van der Waals surface area contributed by atoms with Crippen molar-refractivity contribution in [3.8, 4) is 0 Å². The van der Waals surface area contributed by atoms with Gasteiger partial charge in [0.2, 0.25) is 0 Å². The van der Waals surface area contributed by atoms with Crippen molar-refractivity contribution in [3.63, 3.8) is 0 Å². The fourth-order valence-corrected chi connectivity index (χ4v) is 3.88. The Morgan fingerprint density at radius 1 is 1.20 bits per heavy atom. The summed E-state index contributed by atoms with van der Waals surface area (Å²) in [5, 5.41) is 11.3. The molecule has 0 aliphatic carbocycles. The highest BCUT2D eigenvalue weighted by molar-refractivity contribution is 6.46. The van der Waals surface area contributed by atoms with Gasteiger partial charge in [-0.2, -0.15) is 0 Å². The monoisotopic (exact) mass is 409 g/mol. The summed E-state index contributed by atoms with van der Waals surface area (Å²) in [7, 11) is 3.95. The number of carbonyl (C=O) groups excluding carboxylic acids is 2. The first-order valence-corrected chi connectivity index (χ1v) is 9.87. The van der Waals surface area contributed by atoms with Crippen LogP contribution in [0.25, 0.3) is 11.4 Å². The molecule has 1 atom stereocenters. The zero-order valence-corrected chi connectivity index (χ0v) is 17.5. The van der Waals surface area contributed by atoms with E-state index in [1.165, 1.54) is 4.90 Å². The average molecular weight is 409 g/mol. The van der Waals surface area contributed by atoms with Crippen LogP contribution in [0.3, 0.4) is 0 Å². The third kappa shape index (κ3) is 3.19. The lowest BCUT2D eigenvalue weighted by Gasteiger charge is -2.23. The van der Waals surface area contributed by atoms with Gasteiger partial charge in [0.1, 0.15) is 28.9 Å². The first-order chi connectivity index (χ1) is 14.3. The number of likely N-dealkylation sites (N-methyl/N-ethyl adjacent to an activating group) is 1.